The molecule has 0 aliphatic carbocycles. The minimum Gasteiger partial charge on any atom is -0.497 e. The van der Waals surface area contributed by atoms with Gasteiger partial charge in [-0.3, -0.25) is 0 Å². The average molecular weight is 269 g/mol. The van der Waals surface area contributed by atoms with E-state index in [4.69, 9.17) is 15.2 Å². The third kappa shape index (κ3) is 2.63. The minimum atomic E-state index is 0.00861. The van der Waals surface area contributed by atoms with Crippen molar-refractivity contribution in [2.45, 2.75) is 18.9 Å². The number of hydrogen-bond donors (Lipinski definition) is 1. The van der Waals surface area contributed by atoms with Crippen molar-refractivity contribution in [3.8, 4) is 11.5 Å². The molecule has 2 N–H and O–H groups in total. The number of fused-ring (bicyclic) bond motifs is 1. The van der Waals surface area contributed by atoms with Gasteiger partial charge in [0.1, 0.15) is 11.5 Å². The second-order valence-electron chi connectivity index (χ2n) is 5.12. The van der Waals surface area contributed by atoms with Crippen LogP contribution in [-0.4, -0.2) is 13.7 Å². The lowest BCUT2D eigenvalue weighted by atomic mass is 9.97. The van der Waals surface area contributed by atoms with Crippen LogP contribution in [0.5, 0.6) is 11.5 Å². The summed E-state index contributed by atoms with van der Waals surface area (Å²) in [7, 11) is 1.67. The molecule has 20 heavy (non-hydrogen) atoms. The molecule has 2 aromatic carbocycles. The van der Waals surface area contributed by atoms with Crippen LogP contribution >= 0.6 is 0 Å². The molecular weight excluding hydrogens is 250 g/mol. The van der Waals surface area contributed by atoms with Crippen molar-refractivity contribution < 1.29 is 9.47 Å². The molecule has 0 spiro atoms. The Labute approximate surface area is 119 Å². The van der Waals surface area contributed by atoms with Crippen molar-refractivity contribution in [1.82, 2.24) is 0 Å². The molecule has 0 radical (unpaired) electrons. The Morgan fingerprint density at radius 1 is 1.20 bits per heavy atom. The largest absolute Gasteiger partial charge is 0.497 e. The Morgan fingerprint density at radius 2 is 2.00 bits per heavy atom. The Kier molecular flexibility index (Phi) is 3.61. The number of nitrogens with two attached hydrogens (primary N) is 1. The fourth-order valence-corrected chi connectivity index (χ4v) is 2.57. The molecule has 104 valence electrons. The van der Waals surface area contributed by atoms with Gasteiger partial charge in [-0.25, -0.2) is 0 Å². The van der Waals surface area contributed by atoms with Gasteiger partial charge in [0.05, 0.1) is 13.7 Å². The molecule has 1 unspecified atom stereocenters. The van der Waals surface area contributed by atoms with Gasteiger partial charge in [-0.05, 0) is 41.3 Å². The Bertz CT molecular complexity index is 592. The first kappa shape index (κ1) is 13.0. The van der Waals surface area contributed by atoms with Gasteiger partial charge in [-0.2, -0.15) is 0 Å². The molecule has 1 heterocycles. The monoisotopic (exact) mass is 269 g/mol. The van der Waals surface area contributed by atoms with Crippen LogP contribution < -0.4 is 15.2 Å². The predicted molar refractivity (Wildman–Crippen MR) is 79.3 cm³/mol. The molecule has 0 fully saturated rings. The highest BCUT2D eigenvalue weighted by Crippen LogP contribution is 2.28. The normalized spacial score (nSPS) is 14.5. The summed E-state index contributed by atoms with van der Waals surface area (Å²) in [5, 5.41) is 0. The molecule has 0 saturated carbocycles. The predicted octanol–water partition coefficient (Wildman–Crippen LogP) is 2.87. The van der Waals surface area contributed by atoms with Crippen molar-refractivity contribution in [2.75, 3.05) is 13.7 Å². The van der Waals surface area contributed by atoms with Gasteiger partial charge in [0.15, 0.2) is 0 Å². The topological polar surface area (TPSA) is 44.5 Å². The molecule has 1 aliphatic heterocycles. The fraction of sp³-hybridized carbons (Fsp3) is 0.294. The van der Waals surface area contributed by atoms with Gasteiger partial charge >= 0.3 is 0 Å². The average Bonchev–Trinajstić information content (AvgIpc) is 2.95. The number of rotatable bonds is 4. The van der Waals surface area contributed by atoms with E-state index >= 15 is 0 Å². The molecule has 2 aromatic rings. The van der Waals surface area contributed by atoms with Gasteiger partial charge in [-0.15, -0.1) is 0 Å². The van der Waals surface area contributed by atoms with Crippen LogP contribution in [0.4, 0.5) is 0 Å². The van der Waals surface area contributed by atoms with Crippen LogP contribution in [0.2, 0.25) is 0 Å². The lowest BCUT2D eigenvalue weighted by molar-refractivity contribution is 0.357. The molecule has 0 aromatic heterocycles. The zero-order valence-electron chi connectivity index (χ0n) is 11.6. The second kappa shape index (κ2) is 5.55. The summed E-state index contributed by atoms with van der Waals surface area (Å²) in [6.07, 6.45) is 1.81. The molecule has 3 rings (SSSR count). The van der Waals surface area contributed by atoms with E-state index < -0.39 is 0 Å². The van der Waals surface area contributed by atoms with E-state index in [1.165, 1.54) is 16.7 Å². The van der Waals surface area contributed by atoms with E-state index in [9.17, 15) is 0 Å². The van der Waals surface area contributed by atoms with Crippen LogP contribution in [0.15, 0.2) is 42.5 Å². The summed E-state index contributed by atoms with van der Waals surface area (Å²) < 4.78 is 10.7. The third-order valence-electron chi connectivity index (χ3n) is 3.76. The molecule has 3 nitrogen and oxygen atoms in total. The summed E-state index contributed by atoms with van der Waals surface area (Å²) in [5.41, 5.74) is 9.98. The van der Waals surface area contributed by atoms with Crippen molar-refractivity contribution in [2.24, 2.45) is 5.73 Å². The van der Waals surface area contributed by atoms with Crippen LogP contribution in [0, 0.1) is 0 Å². The lowest BCUT2D eigenvalue weighted by Crippen LogP contribution is -2.13. The molecule has 1 atom stereocenters. The Hall–Kier alpha value is -2.00. The molecule has 0 amide bonds. The van der Waals surface area contributed by atoms with Crippen LogP contribution in [0.3, 0.4) is 0 Å². The summed E-state index contributed by atoms with van der Waals surface area (Å²) in [4.78, 5) is 0. The summed E-state index contributed by atoms with van der Waals surface area (Å²) in [6.45, 7) is 0.784. The van der Waals surface area contributed by atoms with Gasteiger partial charge in [0.25, 0.3) is 0 Å². The van der Waals surface area contributed by atoms with Crippen molar-refractivity contribution in [3.05, 3.63) is 59.2 Å². The summed E-state index contributed by atoms with van der Waals surface area (Å²) in [5.74, 6) is 1.88. The number of benzene rings is 2. The maximum absolute atomic E-state index is 6.32. The standard InChI is InChI=1S/C17H19NO2/c1-19-15-5-2-12(3-6-15)10-16(18)13-4-7-17-14(11-13)8-9-20-17/h2-7,11,16H,8-10,18H2,1H3. The van der Waals surface area contributed by atoms with Gasteiger partial charge < -0.3 is 15.2 Å². The van der Waals surface area contributed by atoms with Crippen molar-refractivity contribution in [3.63, 3.8) is 0 Å². The van der Waals surface area contributed by atoms with E-state index in [2.05, 4.69) is 24.3 Å². The quantitative estimate of drug-likeness (QED) is 0.928. The highest BCUT2D eigenvalue weighted by Gasteiger charge is 2.15. The van der Waals surface area contributed by atoms with Crippen LogP contribution in [0.1, 0.15) is 22.7 Å². The lowest BCUT2D eigenvalue weighted by Gasteiger charge is -2.13. The highest BCUT2D eigenvalue weighted by atomic mass is 16.5. The Balaban J connectivity index is 1.73. The van der Waals surface area contributed by atoms with Crippen molar-refractivity contribution >= 4 is 0 Å². The number of methoxy groups -OCH3 is 1. The molecular formula is C17H19NO2. The maximum Gasteiger partial charge on any atom is 0.122 e. The maximum atomic E-state index is 6.32. The van der Waals surface area contributed by atoms with E-state index in [0.717, 1.165) is 30.9 Å². The first-order chi connectivity index (χ1) is 9.76. The third-order valence-corrected chi connectivity index (χ3v) is 3.76. The number of hydrogen-bond acceptors (Lipinski definition) is 3. The first-order valence-electron chi connectivity index (χ1n) is 6.90. The zero-order valence-corrected chi connectivity index (χ0v) is 11.6. The van der Waals surface area contributed by atoms with E-state index in [1.807, 2.05) is 18.2 Å². The van der Waals surface area contributed by atoms with E-state index in [-0.39, 0.29) is 6.04 Å². The smallest absolute Gasteiger partial charge is 0.122 e. The zero-order chi connectivity index (χ0) is 13.9. The molecule has 3 heteroatoms. The van der Waals surface area contributed by atoms with E-state index in [1.54, 1.807) is 7.11 Å². The fourth-order valence-electron chi connectivity index (χ4n) is 2.57. The van der Waals surface area contributed by atoms with E-state index in [0.29, 0.717) is 0 Å². The van der Waals surface area contributed by atoms with Gasteiger partial charge in [-0.1, -0.05) is 24.3 Å². The molecule has 0 saturated heterocycles. The first-order valence-corrected chi connectivity index (χ1v) is 6.90. The van der Waals surface area contributed by atoms with Gasteiger partial charge in [0, 0.05) is 12.5 Å². The molecule has 0 bridgehead atoms. The van der Waals surface area contributed by atoms with Crippen LogP contribution in [-0.2, 0) is 12.8 Å². The Morgan fingerprint density at radius 3 is 2.75 bits per heavy atom. The van der Waals surface area contributed by atoms with Crippen molar-refractivity contribution in [1.29, 1.82) is 0 Å². The second-order valence-corrected chi connectivity index (χ2v) is 5.12. The minimum absolute atomic E-state index is 0.00861. The van der Waals surface area contributed by atoms with Gasteiger partial charge in [0.2, 0.25) is 0 Å². The summed E-state index contributed by atoms with van der Waals surface area (Å²) >= 11 is 0. The number of ether oxygens (including phenoxy) is 2. The highest BCUT2D eigenvalue weighted by molar-refractivity contribution is 5.41. The SMILES string of the molecule is COc1ccc(CC(N)c2ccc3c(c2)CCO3)cc1. The van der Waals surface area contributed by atoms with Crippen LogP contribution in [0.25, 0.3) is 0 Å². The molecule has 1 aliphatic rings. The summed E-state index contributed by atoms with van der Waals surface area (Å²) in [6, 6.07) is 14.4.